The van der Waals surface area contributed by atoms with Crippen LogP contribution in [0.1, 0.15) is 32.8 Å². The van der Waals surface area contributed by atoms with E-state index in [1.165, 1.54) is 5.56 Å². The van der Waals surface area contributed by atoms with Crippen molar-refractivity contribution in [1.29, 1.82) is 0 Å². The molecule has 112 valence electrons. The Morgan fingerprint density at radius 2 is 2.20 bits per heavy atom. The highest BCUT2D eigenvalue weighted by Crippen LogP contribution is 2.30. The Hall–Kier alpha value is -1.26. The largest absolute Gasteiger partial charge is 0.490 e. The van der Waals surface area contributed by atoms with Gasteiger partial charge in [0.1, 0.15) is 6.10 Å². The molecule has 1 unspecified atom stereocenters. The minimum absolute atomic E-state index is 0.147. The van der Waals surface area contributed by atoms with Crippen LogP contribution in [0, 0.1) is 0 Å². The Labute approximate surface area is 121 Å². The minimum atomic E-state index is 0.147. The summed E-state index contributed by atoms with van der Waals surface area (Å²) in [4.78, 5) is 0. The smallest absolute Gasteiger partial charge is 0.161 e. The van der Waals surface area contributed by atoms with E-state index in [1.54, 1.807) is 0 Å². The third-order valence-electron chi connectivity index (χ3n) is 3.20. The molecule has 1 heterocycles. The summed E-state index contributed by atoms with van der Waals surface area (Å²) in [5.74, 6) is 1.64. The zero-order valence-electron chi connectivity index (χ0n) is 12.6. The van der Waals surface area contributed by atoms with Crippen molar-refractivity contribution < 1.29 is 14.2 Å². The Morgan fingerprint density at radius 3 is 2.85 bits per heavy atom. The lowest BCUT2D eigenvalue weighted by atomic mass is 10.2. The first-order valence-electron chi connectivity index (χ1n) is 7.42. The molecule has 0 radical (unpaired) electrons. The summed E-state index contributed by atoms with van der Waals surface area (Å²) in [5, 5.41) is 3.41. The van der Waals surface area contributed by atoms with E-state index in [0.717, 1.165) is 31.1 Å². The molecule has 4 nitrogen and oxygen atoms in total. The summed E-state index contributed by atoms with van der Waals surface area (Å²) >= 11 is 0. The molecule has 1 aliphatic heterocycles. The molecule has 1 N–H and O–H groups in total. The number of benzene rings is 1. The molecule has 0 saturated carbocycles. The predicted octanol–water partition coefficient (Wildman–Crippen LogP) is 2.75. The predicted molar refractivity (Wildman–Crippen MR) is 79.4 cm³/mol. The molecule has 1 fully saturated rings. The number of ether oxygens (including phenoxy) is 3. The fourth-order valence-electron chi connectivity index (χ4n) is 2.14. The van der Waals surface area contributed by atoms with Gasteiger partial charge in [-0.3, -0.25) is 0 Å². The maximum Gasteiger partial charge on any atom is 0.161 e. The maximum atomic E-state index is 5.97. The zero-order valence-corrected chi connectivity index (χ0v) is 12.6. The molecular weight excluding hydrogens is 254 g/mol. The second-order valence-corrected chi connectivity index (χ2v) is 5.35. The van der Waals surface area contributed by atoms with Crippen LogP contribution >= 0.6 is 0 Å². The number of hydrogen-bond donors (Lipinski definition) is 1. The quantitative estimate of drug-likeness (QED) is 0.833. The van der Waals surface area contributed by atoms with Crippen LogP contribution < -0.4 is 14.8 Å². The van der Waals surface area contributed by atoms with Gasteiger partial charge in [-0.25, -0.2) is 0 Å². The fourth-order valence-corrected chi connectivity index (χ4v) is 2.14. The van der Waals surface area contributed by atoms with Crippen LogP contribution in [0.3, 0.4) is 0 Å². The Kier molecular flexibility index (Phi) is 5.68. The van der Waals surface area contributed by atoms with Gasteiger partial charge in [0.2, 0.25) is 0 Å². The summed E-state index contributed by atoms with van der Waals surface area (Å²) in [6, 6.07) is 6.62. The zero-order chi connectivity index (χ0) is 14.4. The molecular formula is C16H25NO3. The van der Waals surface area contributed by atoms with Crippen molar-refractivity contribution in [3.63, 3.8) is 0 Å². The van der Waals surface area contributed by atoms with E-state index in [9.17, 15) is 0 Å². The molecule has 0 aromatic heterocycles. The Morgan fingerprint density at radius 1 is 1.35 bits per heavy atom. The van der Waals surface area contributed by atoms with Crippen LogP contribution in [0.4, 0.5) is 0 Å². The van der Waals surface area contributed by atoms with Crippen LogP contribution in [0.2, 0.25) is 0 Å². The first-order valence-corrected chi connectivity index (χ1v) is 7.42. The van der Waals surface area contributed by atoms with E-state index >= 15 is 0 Å². The average molecular weight is 279 g/mol. The highest BCUT2D eigenvalue weighted by molar-refractivity contribution is 5.43. The van der Waals surface area contributed by atoms with Crippen LogP contribution in [0.25, 0.3) is 0 Å². The molecule has 20 heavy (non-hydrogen) atoms. The number of hydrogen-bond acceptors (Lipinski definition) is 4. The lowest BCUT2D eigenvalue weighted by molar-refractivity contribution is 0.138. The molecule has 1 aromatic carbocycles. The van der Waals surface area contributed by atoms with Gasteiger partial charge < -0.3 is 19.5 Å². The topological polar surface area (TPSA) is 39.7 Å². The van der Waals surface area contributed by atoms with Crippen molar-refractivity contribution >= 4 is 0 Å². The van der Waals surface area contributed by atoms with Crippen molar-refractivity contribution in [3.8, 4) is 11.5 Å². The summed E-state index contributed by atoms with van der Waals surface area (Å²) < 4.78 is 17.0. The van der Waals surface area contributed by atoms with Crippen LogP contribution in [0.15, 0.2) is 18.2 Å². The molecule has 1 saturated heterocycles. The standard InChI is InChI=1S/C16H25NO3/c1-4-19-16-9-13(10-17-12(2)3)5-6-15(16)20-14-7-8-18-11-14/h5-6,9,12,14,17H,4,7-8,10-11H2,1-3H3. The van der Waals surface area contributed by atoms with Crippen molar-refractivity contribution in [2.75, 3.05) is 19.8 Å². The Bertz CT molecular complexity index is 414. The number of nitrogens with one attached hydrogen (secondary N) is 1. The third kappa shape index (κ3) is 4.39. The first kappa shape index (κ1) is 15.1. The molecule has 2 rings (SSSR count). The monoisotopic (exact) mass is 279 g/mol. The van der Waals surface area contributed by atoms with E-state index in [4.69, 9.17) is 14.2 Å². The van der Waals surface area contributed by atoms with Gasteiger partial charge in [-0.2, -0.15) is 0 Å². The van der Waals surface area contributed by atoms with Gasteiger partial charge in [-0.15, -0.1) is 0 Å². The van der Waals surface area contributed by atoms with Gasteiger partial charge in [0, 0.05) is 19.0 Å². The van der Waals surface area contributed by atoms with Gasteiger partial charge in [0.25, 0.3) is 0 Å². The van der Waals surface area contributed by atoms with Crippen LogP contribution in [-0.4, -0.2) is 32.0 Å². The maximum absolute atomic E-state index is 5.97. The fraction of sp³-hybridized carbons (Fsp3) is 0.625. The van der Waals surface area contributed by atoms with E-state index in [2.05, 4.69) is 31.3 Å². The van der Waals surface area contributed by atoms with Gasteiger partial charge in [0.15, 0.2) is 11.5 Å². The Balaban J connectivity index is 2.05. The molecule has 0 bridgehead atoms. The van der Waals surface area contributed by atoms with Crippen LogP contribution in [-0.2, 0) is 11.3 Å². The summed E-state index contributed by atoms with van der Waals surface area (Å²) in [6.45, 7) is 9.19. The normalized spacial score (nSPS) is 18.5. The van der Waals surface area contributed by atoms with Crippen molar-refractivity contribution in [1.82, 2.24) is 5.32 Å². The summed E-state index contributed by atoms with van der Waals surface area (Å²) in [6.07, 6.45) is 1.09. The van der Waals surface area contributed by atoms with E-state index in [1.807, 2.05) is 13.0 Å². The average Bonchev–Trinajstić information content (AvgIpc) is 2.92. The van der Waals surface area contributed by atoms with Gasteiger partial charge >= 0.3 is 0 Å². The highest BCUT2D eigenvalue weighted by atomic mass is 16.6. The molecule has 1 atom stereocenters. The molecule has 1 aromatic rings. The van der Waals surface area contributed by atoms with Gasteiger partial charge in [-0.05, 0) is 24.6 Å². The van der Waals surface area contributed by atoms with E-state index < -0.39 is 0 Å². The summed E-state index contributed by atoms with van der Waals surface area (Å²) in [5.41, 5.74) is 1.21. The first-order chi connectivity index (χ1) is 9.69. The molecule has 4 heteroatoms. The second-order valence-electron chi connectivity index (χ2n) is 5.35. The highest BCUT2D eigenvalue weighted by Gasteiger charge is 2.19. The summed E-state index contributed by atoms with van der Waals surface area (Å²) in [7, 11) is 0. The van der Waals surface area contributed by atoms with E-state index in [-0.39, 0.29) is 6.10 Å². The van der Waals surface area contributed by atoms with Gasteiger partial charge in [-0.1, -0.05) is 19.9 Å². The molecule has 1 aliphatic rings. The molecule has 0 spiro atoms. The van der Waals surface area contributed by atoms with Crippen LogP contribution in [0.5, 0.6) is 11.5 Å². The van der Waals surface area contributed by atoms with Crippen molar-refractivity contribution in [2.45, 2.75) is 45.9 Å². The van der Waals surface area contributed by atoms with Gasteiger partial charge in [0.05, 0.1) is 19.8 Å². The lowest BCUT2D eigenvalue weighted by Crippen LogP contribution is -2.22. The minimum Gasteiger partial charge on any atom is -0.490 e. The second kappa shape index (κ2) is 7.50. The molecule has 0 aliphatic carbocycles. The van der Waals surface area contributed by atoms with Crippen molar-refractivity contribution in [3.05, 3.63) is 23.8 Å². The number of rotatable bonds is 7. The third-order valence-corrected chi connectivity index (χ3v) is 3.20. The molecule has 0 amide bonds. The lowest BCUT2D eigenvalue weighted by Gasteiger charge is -2.17. The SMILES string of the molecule is CCOc1cc(CNC(C)C)ccc1OC1CCOC1. The van der Waals surface area contributed by atoms with E-state index in [0.29, 0.717) is 19.3 Å². The van der Waals surface area contributed by atoms with Crippen molar-refractivity contribution in [2.24, 2.45) is 0 Å².